The Morgan fingerprint density at radius 3 is 2.32 bits per heavy atom. The lowest BCUT2D eigenvalue weighted by molar-refractivity contribution is -0.125. The van der Waals surface area contributed by atoms with Gasteiger partial charge in [-0.3, -0.25) is 4.79 Å². The number of rotatable bonds is 3. The first-order valence-corrected chi connectivity index (χ1v) is 7.35. The van der Waals surface area contributed by atoms with Crippen LogP contribution in [0.25, 0.3) is 0 Å². The van der Waals surface area contributed by atoms with Gasteiger partial charge < -0.3 is 11.1 Å². The second-order valence-electron chi connectivity index (χ2n) is 7.48. The second kappa shape index (κ2) is 6.01. The molecule has 0 aromatic heterocycles. The van der Waals surface area contributed by atoms with Crippen molar-refractivity contribution in [3.63, 3.8) is 0 Å². The van der Waals surface area contributed by atoms with Gasteiger partial charge in [0, 0.05) is 6.04 Å². The summed E-state index contributed by atoms with van der Waals surface area (Å²) >= 11 is 0. The maximum absolute atomic E-state index is 12.1. The quantitative estimate of drug-likeness (QED) is 0.839. The minimum absolute atomic E-state index is 0. The third kappa shape index (κ3) is 3.63. The van der Waals surface area contributed by atoms with Gasteiger partial charge in [-0.15, -0.1) is 12.4 Å². The lowest BCUT2D eigenvalue weighted by atomic mass is 9.83. The summed E-state index contributed by atoms with van der Waals surface area (Å²) < 4.78 is 0. The summed E-state index contributed by atoms with van der Waals surface area (Å²) in [6.45, 7) is 8.19. The number of hydrogen-bond acceptors (Lipinski definition) is 2. The summed E-state index contributed by atoms with van der Waals surface area (Å²) in [5.74, 6) is 2.46. The molecule has 4 heteroatoms. The first-order chi connectivity index (χ1) is 8.29. The van der Waals surface area contributed by atoms with Crippen molar-refractivity contribution in [3.8, 4) is 0 Å². The Hall–Kier alpha value is -0.280. The summed E-state index contributed by atoms with van der Waals surface area (Å²) in [6, 6.07) is -0.139. The monoisotopic (exact) mass is 288 g/mol. The molecule has 2 fully saturated rings. The summed E-state index contributed by atoms with van der Waals surface area (Å²) in [5.41, 5.74) is 5.84. The van der Waals surface area contributed by atoms with Gasteiger partial charge in [-0.1, -0.05) is 27.2 Å². The molecule has 2 rings (SSSR count). The predicted molar refractivity (Wildman–Crippen MR) is 81.2 cm³/mol. The Balaban J connectivity index is 0.00000180. The molecule has 0 spiro atoms. The average Bonchev–Trinajstić information content (AvgIpc) is 2.88. The first-order valence-electron chi connectivity index (χ1n) is 7.35. The van der Waals surface area contributed by atoms with Crippen LogP contribution in [-0.4, -0.2) is 18.0 Å². The Labute approximate surface area is 123 Å². The highest BCUT2D eigenvalue weighted by Crippen LogP contribution is 2.49. The van der Waals surface area contributed by atoms with Crippen molar-refractivity contribution in [2.24, 2.45) is 28.9 Å². The Morgan fingerprint density at radius 2 is 1.89 bits per heavy atom. The zero-order valence-electron chi connectivity index (χ0n) is 12.6. The van der Waals surface area contributed by atoms with E-state index in [2.05, 4.69) is 12.2 Å². The SMILES string of the molecule is CC(NC(=O)[C@@H](N)C(C)(C)C)C1CC2CCC1C2.Cl. The lowest BCUT2D eigenvalue weighted by Crippen LogP contribution is -2.52. The minimum atomic E-state index is -0.418. The minimum Gasteiger partial charge on any atom is -0.352 e. The summed E-state index contributed by atoms with van der Waals surface area (Å²) in [7, 11) is 0. The van der Waals surface area contributed by atoms with Crippen LogP contribution < -0.4 is 11.1 Å². The average molecular weight is 289 g/mol. The van der Waals surface area contributed by atoms with Crippen molar-refractivity contribution in [2.45, 2.75) is 65.5 Å². The molecular weight excluding hydrogens is 260 g/mol. The van der Waals surface area contributed by atoms with E-state index in [4.69, 9.17) is 5.73 Å². The molecular formula is C15H29ClN2O. The summed E-state index contributed by atoms with van der Waals surface area (Å²) in [4.78, 5) is 12.1. The van der Waals surface area contributed by atoms with E-state index in [1.54, 1.807) is 0 Å². The van der Waals surface area contributed by atoms with Crippen LogP contribution in [0.5, 0.6) is 0 Å². The van der Waals surface area contributed by atoms with Crippen LogP contribution in [-0.2, 0) is 4.79 Å². The van der Waals surface area contributed by atoms with E-state index in [-0.39, 0.29) is 29.8 Å². The Morgan fingerprint density at radius 1 is 1.26 bits per heavy atom. The first kappa shape index (κ1) is 16.8. The number of fused-ring (bicyclic) bond motifs is 2. The largest absolute Gasteiger partial charge is 0.352 e. The van der Waals surface area contributed by atoms with E-state index in [1.165, 1.54) is 25.7 Å². The van der Waals surface area contributed by atoms with E-state index >= 15 is 0 Å². The molecule has 0 aromatic carbocycles. The van der Waals surface area contributed by atoms with Gasteiger partial charge in [-0.2, -0.15) is 0 Å². The van der Waals surface area contributed by atoms with E-state index in [1.807, 2.05) is 20.8 Å². The zero-order chi connectivity index (χ0) is 13.5. The Bertz CT molecular complexity index is 327. The Kier molecular flexibility index (Phi) is 5.30. The molecule has 2 aliphatic carbocycles. The molecule has 2 bridgehead atoms. The molecule has 0 radical (unpaired) electrons. The van der Waals surface area contributed by atoms with E-state index in [0.29, 0.717) is 5.92 Å². The predicted octanol–water partition coefficient (Wildman–Crippen LogP) is 2.72. The number of hydrogen-bond donors (Lipinski definition) is 2. The lowest BCUT2D eigenvalue weighted by Gasteiger charge is -2.32. The van der Waals surface area contributed by atoms with Crippen molar-refractivity contribution in [3.05, 3.63) is 0 Å². The molecule has 112 valence electrons. The normalized spacial score (nSPS) is 32.6. The van der Waals surface area contributed by atoms with E-state index < -0.39 is 6.04 Å². The maximum atomic E-state index is 12.1. The van der Waals surface area contributed by atoms with Gasteiger partial charge in [0.05, 0.1) is 6.04 Å². The highest BCUT2D eigenvalue weighted by Gasteiger charge is 2.42. The van der Waals surface area contributed by atoms with Crippen LogP contribution in [0.3, 0.4) is 0 Å². The molecule has 0 aromatic rings. The topological polar surface area (TPSA) is 55.1 Å². The van der Waals surface area contributed by atoms with Gasteiger partial charge in [-0.05, 0) is 49.4 Å². The van der Waals surface area contributed by atoms with Gasteiger partial charge in [0.1, 0.15) is 0 Å². The van der Waals surface area contributed by atoms with Gasteiger partial charge >= 0.3 is 0 Å². The van der Waals surface area contributed by atoms with Crippen LogP contribution in [0.4, 0.5) is 0 Å². The summed E-state index contributed by atoms with van der Waals surface area (Å²) in [5, 5.41) is 3.15. The molecule has 0 saturated heterocycles. The molecule has 0 aliphatic heterocycles. The third-order valence-corrected chi connectivity index (χ3v) is 5.02. The number of carbonyl (C=O) groups is 1. The molecule has 19 heavy (non-hydrogen) atoms. The number of halogens is 1. The van der Waals surface area contributed by atoms with Gasteiger partial charge in [0.25, 0.3) is 0 Å². The number of carbonyl (C=O) groups excluding carboxylic acids is 1. The molecule has 2 saturated carbocycles. The van der Waals surface area contributed by atoms with Crippen molar-refractivity contribution < 1.29 is 4.79 Å². The molecule has 3 N–H and O–H groups in total. The molecule has 0 heterocycles. The maximum Gasteiger partial charge on any atom is 0.237 e. The van der Waals surface area contributed by atoms with Crippen LogP contribution in [0.15, 0.2) is 0 Å². The fraction of sp³-hybridized carbons (Fsp3) is 0.933. The van der Waals surface area contributed by atoms with Crippen LogP contribution in [0, 0.1) is 23.2 Å². The van der Waals surface area contributed by atoms with Crippen molar-refractivity contribution >= 4 is 18.3 Å². The molecule has 2 aliphatic rings. The molecule has 1 amide bonds. The van der Waals surface area contributed by atoms with Crippen molar-refractivity contribution in [1.82, 2.24) is 5.32 Å². The van der Waals surface area contributed by atoms with Crippen molar-refractivity contribution in [1.29, 1.82) is 0 Å². The smallest absolute Gasteiger partial charge is 0.237 e. The fourth-order valence-electron chi connectivity index (χ4n) is 3.72. The number of nitrogens with two attached hydrogens (primary N) is 1. The van der Waals surface area contributed by atoms with Gasteiger partial charge in [-0.25, -0.2) is 0 Å². The third-order valence-electron chi connectivity index (χ3n) is 5.02. The standard InChI is InChI=1S/C15H28N2O.ClH/c1-9(12-8-10-5-6-11(12)7-10)17-14(18)13(16)15(2,3)4;/h9-13H,5-8,16H2,1-4H3,(H,17,18);1H/t9?,10?,11?,12?,13-;/m1./s1. The van der Waals surface area contributed by atoms with Crippen molar-refractivity contribution in [2.75, 3.05) is 0 Å². The molecule has 3 nitrogen and oxygen atoms in total. The fourth-order valence-corrected chi connectivity index (χ4v) is 3.72. The molecule has 4 unspecified atom stereocenters. The van der Waals surface area contributed by atoms with Gasteiger partial charge in [0.2, 0.25) is 5.91 Å². The van der Waals surface area contributed by atoms with Crippen LogP contribution in [0.2, 0.25) is 0 Å². The van der Waals surface area contributed by atoms with Crippen LogP contribution >= 0.6 is 12.4 Å². The van der Waals surface area contributed by atoms with Crippen LogP contribution in [0.1, 0.15) is 53.4 Å². The highest BCUT2D eigenvalue weighted by molar-refractivity contribution is 5.85. The number of amides is 1. The number of nitrogens with one attached hydrogen (secondary N) is 1. The molecule has 5 atom stereocenters. The van der Waals surface area contributed by atoms with Gasteiger partial charge in [0.15, 0.2) is 0 Å². The van der Waals surface area contributed by atoms with E-state index in [0.717, 1.165) is 11.8 Å². The van der Waals surface area contributed by atoms with E-state index in [9.17, 15) is 4.79 Å². The highest BCUT2D eigenvalue weighted by atomic mass is 35.5. The summed E-state index contributed by atoms with van der Waals surface area (Å²) in [6.07, 6.45) is 5.46. The zero-order valence-corrected chi connectivity index (χ0v) is 13.4. The second-order valence-corrected chi connectivity index (χ2v) is 7.48.